The summed E-state index contributed by atoms with van der Waals surface area (Å²) in [5, 5.41) is 3.79. The van der Waals surface area contributed by atoms with E-state index in [1.807, 2.05) is 18.2 Å². The number of hydrogen-bond acceptors (Lipinski definition) is 5. The number of rotatable bonds is 6. The van der Waals surface area contributed by atoms with Crippen LogP contribution in [0.3, 0.4) is 0 Å². The SMILES string of the molecule is C=CCn1c(=O)c2cnc(Nc3ccc4c(c3)CC(CC)C4)nc2n1-c1cccc(C(C)(C)C)n1. The predicted molar refractivity (Wildman–Crippen MR) is 141 cm³/mol. The van der Waals surface area contributed by atoms with E-state index in [-0.39, 0.29) is 11.0 Å². The van der Waals surface area contributed by atoms with E-state index in [2.05, 4.69) is 62.8 Å². The Morgan fingerprint density at radius 1 is 1.14 bits per heavy atom. The Balaban J connectivity index is 1.59. The van der Waals surface area contributed by atoms with Gasteiger partial charge in [-0.3, -0.25) is 4.79 Å². The minimum absolute atomic E-state index is 0.130. The van der Waals surface area contributed by atoms with Crippen LogP contribution in [0.25, 0.3) is 16.9 Å². The van der Waals surface area contributed by atoms with Gasteiger partial charge in [0.2, 0.25) is 5.95 Å². The van der Waals surface area contributed by atoms with Crippen molar-refractivity contribution in [2.45, 2.75) is 58.9 Å². The number of pyridine rings is 1. The van der Waals surface area contributed by atoms with E-state index in [4.69, 9.17) is 9.97 Å². The molecule has 180 valence electrons. The molecule has 1 atom stereocenters. The first-order valence-electron chi connectivity index (χ1n) is 12.2. The number of aromatic nitrogens is 5. The van der Waals surface area contributed by atoms with Gasteiger partial charge in [-0.1, -0.05) is 52.3 Å². The summed E-state index contributed by atoms with van der Waals surface area (Å²) < 4.78 is 3.38. The zero-order valence-corrected chi connectivity index (χ0v) is 20.9. The lowest BCUT2D eigenvalue weighted by molar-refractivity contribution is 0.543. The Morgan fingerprint density at radius 2 is 1.94 bits per heavy atom. The number of benzene rings is 1. The summed E-state index contributed by atoms with van der Waals surface area (Å²) in [4.78, 5) is 27.3. The molecule has 0 spiro atoms. The maximum Gasteiger partial charge on any atom is 0.278 e. The van der Waals surface area contributed by atoms with Gasteiger partial charge in [0.1, 0.15) is 5.39 Å². The van der Waals surface area contributed by atoms with Crippen LogP contribution in [-0.4, -0.2) is 24.3 Å². The second-order valence-corrected chi connectivity index (χ2v) is 10.3. The number of fused-ring (bicyclic) bond motifs is 2. The number of anilines is 2. The Labute approximate surface area is 205 Å². The van der Waals surface area contributed by atoms with Gasteiger partial charge in [0.15, 0.2) is 11.5 Å². The summed E-state index contributed by atoms with van der Waals surface area (Å²) in [7, 11) is 0. The van der Waals surface area contributed by atoms with Gasteiger partial charge in [-0.15, -0.1) is 6.58 Å². The zero-order chi connectivity index (χ0) is 24.7. The molecule has 1 aliphatic rings. The smallest absolute Gasteiger partial charge is 0.278 e. The summed E-state index contributed by atoms with van der Waals surface area (Å²) in [5.74, 6) is 1.81. The van der Waals surface area contributed by atoms with Crippen LogP contribution in [0.5, 0.6) is 0 Å². The zero-order valence-electron chi connectivity index (χ0n) is 20.9. The number of hydrogen-bond donors (Lipinski definition) is 1. The van der Waals surface area contributed by atoms with Crippen molar-refractivity contribution >= 4 is 22.7 Å². The largest absolute Gasteiger partial charge is 0.324 e. The highest BCUT2D eigenvalue weighted by molar-refractivity contribution is 5.77. The first-order chi connectivity index (χ1) is 16.8. The number of allylic oxidation sites excluding steroid dienone is 1. The van der Waals surface area contributed by atoms with Crippen LogP contribution >= 0.6 is 0 Å². The Bertz CT molecular complexity index is 1470. The second-order valence-electron chi connectivity index (χ2n) is 10.3. The molecule has 5 rings (SSSR count). The lowest BCUT2D eigenvalue weighted by Crippen LogP contribution is -2.23. The highest BCUT2D eigenvalue weighted by Crippen LogP contribution is 2.31. The Hall–Kier alpha value is -3.74. The maximum absolute atomic E-state index is 13.2. The van der Waals surface area contributed by atoms with Gasteiger partial charge >= 0.3 is 0 Å². The average Bonchev–Trinajstić information content (AvgIpc) is 3.37. The van der Waals surface area contributed by atoms with Crippen molar-refractivity contribution in [2.24, 2.45) is 5.92 Å². The molecule has 0 fully saturated rings. The van der Waals surface area contributed by atoms with Crippen molar-refractivity contribution in [1.82, 2.24) is 24.3 Å². The van der Waals surface area contributed by atoms with Crippen molar-refractivity contribution in [1.29, 1.82) is 0 Å². The van der Waals surface area contributed by atoms with Crippen molar-refractivity contribution in [3.05, 3.63) is 82.4 Å². The molecule has 1 unspecified atom stereocenters. The van der Waals surface area contributed by atoms with Gasteiger partial charge in [0.05, 0.1) is 6.54 Å². The predicted octanol–water partition coefficient (Wildman–Crippen LogP) is 5.33. The third-order valence-corrected chi connectivity index (χ3v) is 6.75. The van der Waals surface area contributed by atoms with Crippen molar-refractivity contribution in [2.75, 3.05) is 5.32 Å². The second kappa shape index (κ2) is 8.80. The van der Waals surface area contributed by atoms with Crippen LogP contribution in [0.1, 0.15) is 50.9 Å². The number of nitrogens with zero attached hydrogens (tertiary/aromatic N) is 5. The van der Waals surface area contributed by atoms with E-state index in [0.717, 1.165) is 30.1 Å². The van der Waals surface area contributed by atoms with Crippen LogP contribution in [0, 0.1) is 5.92 Å². The van der Waals surface area contributed by atoms with Crippen LogP contribution in [-0.2, 0) is 24.8 Å². The molecule has 0 saturated carbocycles. The first kappa shape index (κ1) is 23.0. The van der Waals surface area contributed by atoms with E-state index >= 15 is 0 Å². The third-order valence-electron chi connectivity index (χ3n) is 6.75. The molecule has 1 aliphatic carbocycles. The normalized spacial score (nSPS) is 15.4. The quantitative estimate of drug-likeness (QED) is 0.387. The molecule has 1 N–H and O–H groups in total. The molecule has 0 amide bonds. The average molecular weight is 469 g/mol. The topological polar surface area (TPSA) is 77.6 Å². The van der Waals surface area contributed by atoms with Crippen molar-refractivity contribution in [3.8, 4) is 5.82 Å². The summed E-state index contributed by atoms with van der Waals surface area (Å²) in [6.07, 6.45) is 6.75. The molecule has 1 aromatic carbocycles. The standard InChI is InChI=1S/C28H32N6O/c1-6-13-33-26(35)22-17-29-27(30-21-12-11-19-14-18(7-2)15-20(19)16-21)32-25(22)34(33)24-10-8-9-23(31-24)28(3,4)5/h6,8-12,16-18H,1,7,13-15H2,2-5H3,(H,29,30,32). The van der Waals surface area contributed by atoms with Crippen LogP contribution < -0.4 is 10.9 Å². The highest BCUT2D eigenvalue weighted by atomic mass is 16.1. The van der Waals surface area contributed by atoms with E-state index in [1.54, 1.807) is 21.6 Å². The first-order valence-corrected chi connectivity index (χ1v) is 12.2. The molecule has 3 heterocycles. The lowest BCUT2D eigenvalue weighted by Gasteiger charge is -2.19. The summed E-state index contributed by atoms with van der Waals surface area (Å²) in [6.45, 7) is 12.8. The molecular formula is C28H32N6O. The Kier molecular flexibility index (Phi) is 5.79. The fourth-order valence-electron chi connectivity index (χ4n) is 4.77. The lowest BCUT2D eigenvalue weighted by atomic mass is 9.92. The Morgan fingerprint density at radius 3 is 2.69 bits per heavy atom. The van der Waals surface area contributed by atoms with E-state index in [9.17, 15) is 4.79 Å². The highest BCUT2D eigenvalue weighted by Gasteiger charge is 2.22. The molecule has 0 aliphatic heterocycles. The van der Waals surface area contributed by atoms with Gasteiger partial charge in [-0.25, -0.2) is 19.3 Å². The molecule has 0 bridgehead atoms. The van der Waals surface area contributed by atoms with E-state index in [1.165, 1.54) is 17.5 Å². The van der Waals surface area contributed by atoms with Crippen LogP contribution in [0.2, 0.25) is 0 Å². The fourth-order valence-corrected chi connectivity index (χ4v) is 4.77. The van der Waals surface area contributed by atoms with Gasteiger partial charge in [-0.05, 0) is 54.2 Å². The van der Waals surface area contributed by atoms with Crippen molar-refractivity contribution in [3.63, 3.8) is 0 Å². The van der Waals surface area contributed by atoms with E-state index < -0.39 is 0 Å². The molecule has 7 heteroatoms. The molecule has 0 saturated heterocycles. The monoisotopic (exact) mass is 468 g/mol. The van der Waals surface area contributed by atoms with E-state index in [0.29, 0.717) is 29.3 Å². The minimum Gasteiger partial charge on any atom is -0.324 e. The van der Waals surface area contributed by atoms with Crippen LogP contribution in [0.4, 0.5) is 11.6 Å². The van der Waals surface area contributed by atoms with Crippen molar-refractivity contribution < 1.29 is 0 Å². The molecule has 7 nitrogen and oxygen atoms in total. The maximum atomic E-state index is 13.2. The fraction of sp³-hybridized carbons (Fsp3) is 0.357. The summed E-state index contributed by atoms with van der Waals surface area (Å²) in [6, 6.07) is 12.3. The minimum atomic E-state index is -0.169. The molecular weight excluding hydrogens is 436 g/mol. The summed E-state index contributed by atoms with van der Waals surface area (Å²) >= 11 is 0. The molecule has 35 heavy (non-hydrogen) atoms. The molecule has 4 aromatic rings. The summed E-state index contributed by atoms with van der Waals surface area (Å²) in [5.41, 5.74) is 4.92. The van der Waals surface area contributed by atoms with Crippen LogP contribution in [0.15, 0.2) is 60.0 Å². The van der Waals surface area contributed by atoms with Gasteiger partial charge in [0, 0.05) is 23.0 Å². The molecule has 0 radical (unpaired) electrons. The van der Waals surface area contributed by atoms with Gasteiger partial charge in [-0.2, -0.15) is 4.98 Å². The van der Waals surface area contributed by atoms with Gasteiger partial charge < -0.3 is 5.32 Å². The molecule has 3 aromatic heterocycles. The van der Waals surface area contributed by atoms with Gasteiger partial charge in [0.25, 0.3) is 5.56 Å². The number of nitrogens with one attached hydrogen (secondary N) is 1. The third kappa shape index (κ3) is 4.27.